The summed E-state index contributed by atoms with van der Waals surface area (Å²) < 4.78 is 46.4. The summed E-state index contributed by atoms with van der Waals surface area (Å²) in [5.74, 6) is -0.735. The van der Waals surface area contributed by atoms with E-state index in [1.807, 2.05) is 0 Å². The fraction of sp³-hybridized carbons (Fsp3) is 0.316. The number of rotatable bonds is 6. The van der Waals surface area contributed by atoms with Crippen LogP contribution in [0.2, 0.25) is 0 Å². The number of benzene rings is 2. The lowest BCUT2D eigenvalue weighted by molar-refractivity contribution is 0.0730. The molecule has 2 aromatic rings. The monoisotopic (exact) mass is 470 g/mol. The normalized spacial score (nSPS) is 15.4. The molecule has 0 atom stereocenters. The van der Waals surface area contributed by atoms with Crippen molar-refractivity contribution in [3.05, 3.63) is 63.9 Å². The molecule has 0 bridgehead atoms. The van der Waals surface area contributed by atoms with Crippen LogP contribution in [0.3, 0.4) is 0 Å². The van der Waals surface area contributed by atoms with Gasteiger partial charge in [0.1, 0.15) is 5.82 Å². The van der Waals surface area contributed by atoms with Gasteiger partial charge in [0.15, 0.2) is 0 Å². The number of amides is 1. The Bertz CT molecular complexity index is 962. The van der Waals surface area contributed by atoms with Gasteiger partial charge >= 0.3 is 0 Å². The van der Waals surface area contributed by atoms with Crippen molar-refractivity contribution in [1.29, 1.82) is 0 Å². The lowest BCUT2D eigenvalue weighted by Crippen LogP contribution is -2.40. The van der Waals surface area contributed by atoms with Gasteiger partial charge in [-0.25, -0.2) is 12.8 Å². The summed E-state index contributed by atoms with van der Waals surface area (Å²) in [7, 11) is -3.74. The van der Waals surface area contributed by atoms with E-state index in [2.05, 4.69) is 21.2 Å². The SMILES string of the molecule is O=C(NCCc1ccccc1F)c1ccc(Br)c(S(=O)(=O)N2CCOCC2)c1. The molecule has 0 unspecified atom stereocenters. The highest BCUT2D eigenvalue weighted by Gasteiger charge is 2.28. The van der Waals surface area contributed by atoms with Crippen LogP contribution in [0.15, 0.2) is 51.8 Å². The maximum Gasteiger partial charge on any atom is 0.251 e. The average Bonchev–Trinajstić information content (AvgIpc) is 2.70. The summed E-state index contributed by atoms with van der Waals surface area (Å²) >= 11 is 3.26. The average molecular weight is 471 g/mol. The Morgan fingerprint density at radius 1 is 1.18 bits per heavy atom. The van der Waals surface area contributed by atoms with E-state index in [0.717, 1.165) is 0 Å². The van der Waals surface area contributed by atoms with Gasteiger partial charge in [-0.05, 0) is 52.2 Å². The van der Waals surface area contributed by atoms with Crippen LogP contribution in [-0.4, -0.2) is 51.5 Å². The van der Waals surface area contributed by atoms with Gasteiger partial charge in [0, 0.05) is 29.7 Å². The molecule has 0 radical (unpaired) electrons. The second-order valence-corrected chi connectivity index (χ2v) is 9.02. The van der Waals surface area contributed by atoms with E-state index >= 15 is 0 Å². The van der Waals surface area contributed by atoms with Crippen LogP contribution in [0.25, 0.3) is 0 Å². The molecule has 3 rings (SSSR count). The van der Waals surface area contributed by atoms with Gasteiger partial charge < -0.3 is 10.1 Å². The minimum Gasteiger partial charge on any atom is -0.379 e. The second kappa shape index (κ2) is 9.13. The number of halogens is 2. The van der Waals surface area contributed by atoms with Crippen LogP contribution in [0.5, 0.6) is 0 Å². The first-order valence-electron chi connectivity index (χ1n) is 8.78. The summed E-state index contributed by atoms with van der Waals surface area (Å²) in [5.41, 5.74) is 0.734. The smallest absolute Gasteiger partial charge is 0.251 e. The summed E-state index contributed by atoms with van der Waals surface area (Å²) in [4.78, 5) is 12.5. The second-order valence-electron chi connectivity index (χ2n) is 6.26. The van der Waals surface area contributed by atoms with Gasteiger partial charge in [-0.2, -0.15) is 4.31 Å². The number of hydrogen-bond donors (Lipinski definition) is 1. The third kappa shape index (κ3) is 4.78. The number of carbonyl (C=O) groups is 1. The summed E-state index contributed by atoms with van der Waals surface area (Å²) in [5, 5.41) is 2.70. The van der Waals surface area contributed by atoms with E-state index in [9.17, 15) is 17.6 Å². The van der Waals surface area contributed by atoms with Gasteiger partial charge in [-0.1, -0.05) is 18.2 Å². The summed E-state index contributed by atoms with van der Waals surface area (Å²) in [6.07, 6.45) is 0.341. The number of ether oxygens (including phenoxy) is 1. The Hall–Kier alpha value is -1.81. The fourth-order valence-electron chi connectivity index (χ4n) is 2.88. The third-order valence-electron chi connectivity index (χ3n) is 4.42. The van der Waals surface area contributed by atoms with Crippen molar-refractivity contribution in [3.63, 3.8) is 0 Å². The minimum atomic E-state index is -3.74. The molecule has 1 saturated heterocycles. The van der Waals surface area contributed by atoms with Gasteiger partial charge in [-0.3, -0.25) is 4.79 Å². The zero-order valence-corrected chi connectivity index (χ0v) is 17.4. The molecule has 150 valence electrons. The number of morpholine rings is 1. The summed E-state index contributed by atoms with van der Waals surface area (Å²) in [6, 6.07) is 10.8. The lowest BCUT2D eigenvalue weighted by atomic mass is 10.1. The van der Waals surface area contributed by atoms with Crippen molar-refractivity contribution in [3.8, 4) is 0 Å². The van der Waals surface area contributed by atoms with Crippen LogP contribution >= 0.6 is 15.9 Å². The zero-order valence-electron chi connectivity index (χ0n) is 15.0. The van der Waals surface area contributed by atoms with Crippen molar-refractivity contribution in [2.24, 2.45) is 0 Å². The molecular weight excluding hydrogens is 451 g/mol. The molecule has 2 aromatic carbocycles. The standard InChI is InChI=1S/C19H20BrFN2O4S/c20-16-6-5-15(13-18(16)28(25,26)23-9-11-27-12-10-23)19(24)22-8-7-14-3-1-2-4-17(14)21/h1-6,13H,7-12H2,(H,22,24). The van der Waals surface area contributed by atoms with Gasteiger partial charge in [0.2, 0.25) is 10.0 Å². The number of carbonyl (C=O) groups excluding carboxylic acids is 1. The molecule has 1 aliphatic heterocycles. The van der Waals surface area contributed by atoms with Crippen molar-refractivity contribution in [1.82, 2.24) is 9.62 Å². The van der Waals surface area contributed by atoms with Crippen LogP contribution in [-0.2, 0) is 21.2 Å². The molecule has 1 aliphatic rings. The Labute approximate surface area is 171 Å². The van der Waals surface area contributed by atoms with Crippen LogP contribution in [0, 0.1) is 5.82 Å². The first-order valence-corrected chi connectivity index (χ1v) is 11.0. The topological polar surface area (TPSA) is 75.7 Å². The molecule has 9 heteroatoms. The highest BCUT2D eigenvalue weighted by Crippen LogP contribution is 2.27. The molecule has 0 spiro atoms. The fourth-order valence-corrected chi connectivity index (χ4v) is 5.24. The highest BCUT2D eigenvalue weighted by atomic mass is 79.9. The quantitative estimate of drug-likeness (QED) is 0.703. The minimum absolute atomic E-state index is 0.0381. The van der Waals surface area contributed by atoms with E-state index < -0.39 is 15.9 Å². The number of nitrogens with zero attached hydrogens (tertiary/aromatic N) is 1. The largest absolute Gasteiger partial charge is 0.379 e. The number of sulfonamides is 1. The molecule has 6 nitrogen and oxygen atoms in total. The van der Waals surface area contributed by atoms with Gasteiger partial charge in [-0.15, -0.1) is 0 Å². The predicted molar refractivity (Wildman–Crippen MR) is 106 cm³/mol. The van der Waals surface area contributed by atoms with Crippen molar-refractivity contribution in [2.75, 3.05) is 32.8 Å². The maximum absolute atomic E-state index is 13.6. The first-order chi connectivity index (χ1) is 13.4. The van der Waals surface area contributed by atoms with Gasteiger partial charge in [0.25, 0.3) is 5.91 Å². The molecule has 1 heterocycles. The molecule has 28 heavy (non-hydrogen) atoms. The molecule has 1 fully saturated rings. The first kappa shape index (κ1) is 20.9. The molecule has 0 saturated carbocycles. The van der Waals surface area contributed by atoms with Crippen molar-refractivity contribution >= 4 is 31.9 Å². The van der Waals surface area contributed by atoms with Crippen molar-refractivity contribution in [2.45, 2.75) is 11.3 Å². The maximum atomic E-state index is 13.6. The number of hydrogen-bond acceptors (Lipinski definition) is 4. The summed E-state index contributed by atoms with van der Waals surface area (Å²) in [6.45, 7) is 1.46. The lowest BCUT2D eigenvalue weighted by Gasteiger charge is -2.26. The Morgan fingerprint density at radius 2 is 1.89 bits per heavy atom. The van der Waals surface area contributed by atoms with E-state index in [0.29, 0.717) is 29.7 Å². The van der Waals surface area contributed by atoms with Crippen molar-refractivity contribution < 1.29 is 22.3 Å². The Morgan fingerprint density at radius 3 is 2.61 bits per heavy atom. The molecule has 1 N–H and O–H groups in total. The van der Waals surface area contributed by atoms with E-state index in [-0.39, 0.29) is 35.9 Å². The molecular formula is C19H20BrFN2O4S. The molecule has 1 amide bonds. The van der Waals surface area contributed by atoms with Crippen LogP contribution in [0.4, 0.5) is 4.39 Å². The van der Waals surface area contributed by atoms with E-state index in [1.54, 1.807) is 30.3 Å². The highest BCUT2D eigenvalue weighted by molar-refractivity contribution is 9.10. The Kier molecular flexibility index (Phi) is 6.82. The van der Waals surface area contributed by atoms with Gasteiger partial charge in [0.05, 0.1) is 18.1 Å². The van der Waals surface area contributed by atoms with E-state index in [1.165, 1.54) is 16.4 Å². The third-order valence-corrected chi connectivity index (χ3v) is 7.31. The number of nitrogens with one attached hydrogen (secondary N) is 1. The Balaban J connectivity index is 1.71. The van der Waals surface area contributed by atoms with Crippen LogP contribution < -0.4 is 5.32 Å². The zero-order chi connectivity index (χ0) is 20.1. The van der Waals surface area contributed by atoms with E-state index in [4.69, 9.17) is 4.74 Å². The predicted octanol–water partition coefficient (Wildman–Crippen LogP) is 2.58. The molecule has 0 aromatic heterocycles. The molecule has 0 aliphatic carbocycles. The van der Waals surface area contributed by atoms with Crippen LogP contribution in [0.1, 0.15) is 15.9 Å².